The molecule has 1 amide bonds. The number of nitrogens with one attached hydrogen (secondary N) is 1. The lowest BCUT2D eigenvalue weighted by Gasteiger charge is -2.23. The molecule has 0 bridgehead atoms. The molecule has 6 heteroatoms. The number of carboxylic acid groups (broad SMARTS) is 1. The second-order valence-corrected chi connectivity index (χ2v) is 4.86. The number of carboxylic acids is 1. The standard InChI is InChI=1S/C12H17N3O3/c1-6-4-5-15(10(6)12(17)18)11(16)9-7(2)13-14-8(9)3/h6,10H,4-5H2,1-3H3,(H,13,14)(H,17,18). The lowest BCUT2D eigenvalue weighted by Crippen LogP contribution is -2.43. The third-order valence-electron chi connectivity index (χ3n) is 3.56. The first-order valence-electron chi connectivity index (χ1n) is 5.98. The summed E-state index contributed by atoms with van der Waals surface area (Å²) in [5.74, 6) is -1.19. The van der Waals surface area contributed by atoms with Crippen LogP contribution in [0, 0.1) is 19.8 Å². The Morgan fingerprint density at radius 2 is 2.11 bits per heavy atom. The Balaban J connectivity index is 2.32. The van der Waals surface area contributed by atoms with E-state index in [1.165, 1.54) is 4.90 Å². The smallest absolute Gasteiger partial charge is 0.326 e. The normalized spacial score (nSPS) is 23.4. The van der Waals surface area contributed by atoms with Crippen molar-refractivity contribution in [1.29, 1.82) is 0 Å². The molecule has 2 N–H and O–H groups in total. The van der Waals surface area contributed by atoms with Gasteiger partial charge in [-0.2, -0.15) is 5.10 Å². The van der Waals surface area contributed by atoms with E-state index in [2.05, 4.69) is 10.2 Å². The first-order chi connectivity index (χ1) is 8.43. The Bertz CT molecular complexity index is 475. The Hall–Kier alpha value is -1.85. The van der Waals surface area contributed by atoms with Crippen molar-refractivity contribution in [2.45, 2.75) is 33.2 Å². The molecule has 98 valence electrons. The van der Waals surface area contributed by atoms with E-state index in [4.69, 9.17) is 0 Å². The highest BCUT2D eigenvalue weighted by Gasteiger charge is 2.40. The number of hydrogen-bond acceptors (Lipinski definition) is 3. The number of aliphatic carboxylic acids is 1. The molecule has 18 heavy (non-hydrogen) atoms. The highest BCUT2D eigenvalue weighted by Crippen LogP contribution is 2.27. The summed E-state index contributed by atoms with van der Waals surface area (Å²) in [5, 5.41) is 16.0. The van der Waals surface area contributed by atoms with E-state index in [-0.39, 0.29) is 11.8 Å². The molecule has 0 saturated carbocycles. The number of aryl methyl sites for hydroxylation is 2. The number of carbonyl (C=O) groups excluding carboxylic acids is 1. The van der Waals surface area contributed by atoms with Crippen molar-refractivity contribution in [2.75, 3.05) is 6.54 Å². The van der Waals surface area contributed by atoms with Crippen LogP contribution in [0.25, 0.3) is 0 Å². The summed E-state index contributed by atoms with van der Waals surface area (Å²) in [5.41, 5.74) is 1.79. The van der Waals surface area contributed by atoms with Crippen molar-refractivity contribution in [3.05, 3.63) is 17.0 Å². The van der Waals surface area contributed by atoms with Crippen molar-refractivity contribution in [2.24, 2.45) is 5.92 Å². The van der Waals surface area contributed by atoms with Gasteiger partial charge in [0.05, 0.1) is 11.3 Å². The molecule has 1 aliphatic heterocycles. The van der Waals surface area contributed by atoms with Gasteiger partial charge in [0.15, 0.2) is 0 Å². The van der Waals surface area contributed by atoms with Crippen LogP contribution in [0.1, 0.15) is 35.1 Å². The number of amides is 1. The first-order valence-corrected chi connectivity index (χ1v) is 5.98. The summed E-state index contributed by atoms with van der Waals surface area (Å²) < 4.78 is 0. The zero-order valence-corrected chi connectivity index (χ0v) is 10.7. The van der Waals surface area contributed by atoms with Gasteiger partial charge in [-0.15, -0.1) is 0 Å². The average molecular weight is 251 g/mol. The minimum absolute atomic E-state index is 0.0148. The number of aromatic amines is 1. The summed E-state index contributed by atoms with van der Waals surface area (Å²) in [6, 6.07) is -0.730. The summed E-state index contributed by atoms with van der Waals surface area (Å²) >= 11 is 0. The van der Waals surface area contributed by atoms with Gasteiger partial charge in [-0.25, -0.2) is 4.79 Å². The average Bonchev–Trinajstić information content (AvgIpc) is 2.82. The predicted octanol–water partition coefficient (Wildman–Crippen LogP) is 0.962. The third-order valence-corrected chi connectivity index (χ3v) is 3.56. The topological polar surface area (TPSA) is 86.3 Å². The molecule has 1 aromatic rings. The third kappa shape index (κ3) is 1.87. The SMILES string of the molecule is Cc1n[nH]c(C)c1C(=O)N1CCC(C)C1C(=O)O. The van der Waals surface area contributed by atoms with E-state index in [1.54, 1.807) is 13.8 Å². The molecular weight excluding hydrogens is 234 g/mol. The van der Waals surface area contributed by atoms with Gasteiger partial charge in [0, 0.05) is 12.2 Å². The first kappa shape index (κ1) is 12.6. The van der Waals surface area contributed by atoms with Gasteiger partial charge < -0.3 is 10.0 Å². The number of aromatic nitrogens is 2. The predicted molar refractivity (Wildman–Crippen MR) is 64.3 cm³/mol. The summed E-state index contributed by atoms with van der Waals surface area (Å²) in [7, 11) is 0. The number of likely N-dealkylation sites (tertiary alicyclic amines) is 1. The van der Waals surface area contributed by atoms with E-state index >= 15 is 0 Å². The Morgan fingerprint density at radius 1 is 1.44 bits per heavy atom. The van der Waals surface area contributed by atoms with Crippen LogP contribution >= 0.6 is 0 Å². The maximum atomic E-state index is 12.4. The molecule has 0 spiro atoms. The highest BCUT2D eigenvalue weighted by molar-refractivity contribution is 5.98. The molecule has 0 aliphatic carbocycles. The number of hydrogen-bond donors (Lipinski definition) is 2. The monoisotopic (exact) mass is 251 g/mol. The van der Waals surface area contributed by atoms with Crippen molar-refractivity contribution in [3.8, 4) is 0 Å². The molecule has 1 aromatic heterocycles. The van der Waals surface area contributed by atoms with Gasteiger partial charge >= 0.3 is 5.97 Å². The highest BCUT2D eigenvalue weighted by atomic mass is 16.4. The molecule has 2 atom stereocenters. The number of nitrogens with zero attached hydrogens (tertiary/aromatic N) is 2. The van der Waals surface area contributed by atoms with Crippen LogP contribution in [0.2, 0.25) is 0 Å². The van der Waals surface area contributed by atoms with Crippen molar-refractivity contribution >= 4 is 11.9 Å². The van der Waals surface area contributed by atoms with Crippen LogP contribution in [0.15, 0.2) is 0 Å². The second-order valence-electron chi connectivity index (χ2n) is 4.86. The van der Waals surface area contributed by atoms with E-state index in [0.717, 1.165) is 6.42 Å². The lowest BCUT2D eigenvalue weighted by molar-refractivity contribution is -0.142. The maximum Gasteiger partial charge on any atom is 0.326 e. The van der Waals surface area contributed by atoms with Gasteiger partial charge in [0.2, 0.25) is 0 Å². The molecular formula is C12H17N3O3. The van der Waals surface area contributed by atoms with E-state index in [9.17, 15) is 14.7 Å². The fourth-order valence-electron chi connectivity index (χ4n) is 2.56. The van der Waals surface area contributed by atoms with E-state index in [0.29, 0.717) is 23.5 Å². The van der Waals surface area contributed by atoms with Gasteiger partial charge in [-0.3, -0.25) is 9.89 Å². The lowest BCUT2D eigenvalue weighted by atomic mass is 10.0. The van der Waals surface area contributed by atoms with Crippen molar-refractivity contribution in [1.82, 2.24) is 15.1 Å². The quantitative estimate of drug-likeness (QED) is 0.819. The summed E-state index contributed by atoms with van der Waals surface area (Å²) in [6.45, 7) is 5.86. The molecule has 1 saturated heterocycles. The Morgan fingerprint density at radius 3 is 2.61 bits per heavy atom. The van der Waals surface area contributed by atoms with Gasteiger partial charge in [0.25, 0.3) is 5.91 Å². The van der Waals surface area contributed by atoms with Crippen molar-refractivity contribution in [3.63, 3.8) is 0 Å². The maximum absolute atomic E-state index is 12.4. The van der Waals surface area contributed by atoms with Crippen LogP contribution in [0.5, 0.6) is 0 Å². The van der Waals surface area contributed by atoms with Crippen LogP contribution in [-0.2, 0) is 4.79 Å². The van der Waals surface area contributed by atoms with Crippen LogP contribution in [-0.4, -0.2) is 44.7 Å². The minimum atomic E-state index is -0.938. The molecule has 1 fully saturated rings. The largest absolute Gasteiger partial charge is 0.480 e. The zero-order chi connectivity index (χ0) is 13.4. The van der Waals surface area contributed by atoms with E-state index in [1.807, 2.05) is 6.92 Å². The zero-order valence-electron chi connectivity index (χ0n) is 10.7. The molecule has 2 heterocycles. The molecule has 0 aromatic carbocycles. The van der Waals surface area contributed by atoms with Crippen molar-refractivity contribution < 1.29 is 14.7 Å². The number of rotatable bonds is 2. The molecule has 0 radical (unpaired) electrons. The molecule has 1 aliphatic rings. The fourth-order valence-corrected chi connectivity index (χ4v) is 2.56. The molecule has 2 unspecified atom stereocenters. The minimum Gasteiger partial charge on any atom is -0.480 e. The summed E-state index contributed by atoms with van der Waals surface area (Å²) in [6.07, 6.45) is 0.721. The van der Waals surface area contributed by atoms with Gasteiger partial charge in [0.1, 0.15) is 6.04 Å². The van der Waals surface area contributed by atoms with Gasteiger partial charge in [-0.05, 0) is 26.2 Å². The summed E-state index contributed by atoms with van der Waals surface area (Å²) in [4.78, 5) is 25.1. The van der Waals surface area contributed by atoms with Crippen LogP contribution in [0.3, 0.4) is 0 Å². The van der Waals surface area contributed by atoms with Crippen LogP contribution in [0.4, 0.5) is 0 Å². The number of carbonyl (C=O) groups is 2. The molecule has 2 rings (SSSR count). The second kappa shape index (κ2) is 4.44. The fraction of sp³-hybridized carbons (Fsp3) is 0.583. The Kier molecular flexibility index (Phi) is 3.11. The Labute approximate surface area is 105 Å². The number of H-pyrrole nitrogens is 1. The van der Waals surface area contributed by atoms with Gasteiger partial charge in [-0.1, -0.05) is 6.92 Å². The van der Waals surface area contributed by atoms with E-state index < -0.39 is 12.0 Å². The van der Waals surface area contributed by atoms with Crippen LogP contribution < -0.4 is 0 Å². The molecule has 6 nitrogen and oxygen atoms in total.